The van der Waals surface area contributed by atoms with Crippen molar-refractivity contribution in [3.63, 3.8) is 0 Å². The summed E-state index contributed by atoms with van der Waals surface area (Å²) in [5, 5.41) is 9.36. The van der Waals surface area contributed by atoms with Gasteiger partial charge in [0.1, 0.15) is 17.9 Å². The molecule has 3 heteroatoms. The highest BCUT2D eigenvalue weighted by Gasteiger charge is 2.02. The molecule has 0 unspecified atom stereocenters. The topological polar surface area (TPSA) is 49.8 Å². The summed E-state index contributed by atoms with van der Waals surface area (Å²) >= 11 is 0. The van der Waals surface area contributed by atoms with Gasteiger partial charge < -0.3 is 4.42 Å². The van der Waals surface area contributed by atoms with Crippen molar-refractivity contribution in [2.75, 3.05) is 0 Å². The van der Waals surface area contributed by atoms with Crippen LogP contribution >= 0.6 is 0 Å². The van der Waals surface area contributed by atoms with E-state index in [1.807, 2.05) is 6.07 Å². The number of pyridine rings is 1. The van der Waals surface area contributed by atoms with Gasteiger partial charge in [0, 0.05) is 12.4 Å². The van der Waals surface area contributed by atoms with Gasteiger partial charge in [-0.15, -0.1) is 0 Å². The van der Waals surface area contributed by atoms with Crippen molar-refractivity contribution in [2.24, 2.45) is 0 Å². The maximum atomic E-state index is 8.59. The van der Waals surface area contributed by atoms with Gasteiger partial charge in [-0.1, -0.05) is 0 Å². The highest BCUT2D eigenvalue weighted by molar-refractivity contribution is 5.82. The van der Waals surface area contributed by atoms with Crippen LogP contribution in [-0.2, 0) is 0 Å². The Bertz CT molecular complexity index is 425. The summed E-state index contributed by atoms with van der Waals surface area (Å²) in [6.45, 7) is 0. The number of hydrogen-bond donors (Lipinski definition) is 0. The monoisotopic (exact) mass is 144 g/mol. The van der Waals surface area contributed by atoms with E-state index >= 15 is 0 Å². The predicted octanol–water partition coefficient (Wildman–Crippen LogP) is 1.70. The molecule has 0 aromatic carbocycles. The highest BCUT2D eigenvalue weighted by atomic mass is 16.3. The average Bonchev–Trinajstić information content (AvgIpc) is 2.47. The fourth-order valence-electron chi connectivity index (χ4n) is 0.959. The van der Waals surface area contributed by atoms with Gasteiger partial charge >= 0.3 is 0 Å². The molecule has 0 N–H and O–H groups in total. The molecule has 0 bridgehead atoms. The Morgan fingerprint density at radius 2 is 2.45 bits per heavy atom. The minimum Gasteiger partial charge on any atom is -0.463 e. The summed E-state index contributed by atoms with van der Waals surface area (Å²) in [4.78, 5) is 3.88. The van der Waals surface area contributed by atoms with E-state index in [0.29, 0.717) is 11.1 Å². The maximum absolute atomic E-state index is 8.59. The summed E-state index contributed by atoms with van der Waals surface area (Å²) in [5.41, 5.74) is 1.24. The molecule has 2 rings (SSSR count). The van der Waals surface area contributed by atoms with Gasteiger partial charge in [0.2, 0.25) is 0 Å². The second-order valence-corrected chi connectivity index (χ2v) is 2.13. The third-order valence-electron chi connectivity index (χ3n) is 1.50. The van der Waals surface area contributed by atoms with Crippen LogP contribution in [0.5, 0.6) is 0 Å². The van der Waals surface area contributed by atoms with Gasteiger partial charge in [0.15, 0.2) is 0 Å². The summed E-state index contributed by atoms with van der Waals surface area (Å²) in [6, 6.07) is 3.75. The van der Waals surface area contributed by atoms with Crippen LogP contribution in [-0.4, -0.2) is 4.98 Å². The first kappa shape index (κ1) is 5.93. The van der Waals surface area contributed by atoms with E-state index < -0.39 is 0 Å². The molecule has 0 atom stereocenters. The Morgan fingerprint density at radius 1 is 1.55 bits per heavy atom. The van der Waals surface area contributed by atoms with E-state index in [0.717, 1.165) is 5.39 Å². The quantitative estimate of drug-likeness (QED) is 0.565. The first-order valence-electron chi connectivity index (χ1n) is 3.13. The van der Waals surface area contributed by atoms with Crippen LogP contribution in [0.2, 0.25) is 0 Å². The zero-order valence-electron chi connectivity index (χ0n) is 5.61. The molecule has 2 aromatic heterocycles. The molecule has 0 saturated heterocycles. The molecule has 0 aliphatic rings. The van der Waals surface area contributed by atoms with Crippen LogP contribution in [0.25, 0.3) is 11.0 Å². The van der Waals surface area contributed by atoms with Crippen LogP contribution in [0.4, 0.5) is 0 Å². The normalized spacial score (nSPS) is 9.73. The van der Waals surface area contributed by atoms with Gasteiger partial charge in [-0.25, -0.2) is 0 Å². The van der Waals surface area contributed by atoms with Crippen molar-refractivity contribution in [3.05, 3.63) is 30.3 Å². The van der Waals surface area contributed by atoms with Gasteiger partial charge in [-0.05, 0) is 6.07 Å². The molecule has 2 heterocycles. The first-order valence-corrected chi connectivity index (χ1v) is 3.13. The molecule has 0 aliphatic heterocycles. The van der Waals surface area contributed by atoms with Crippen LogP contribution in [0.1, 0.15) is 5.56 Å². The smallest absolute Gasteiger partial charge is 0.138 e. The molecule has 3 nitrogen and oxygen atoms in total. The zero-order chi connectivity index (χ0) is 7.68. The minimum atomic E-state index is 0.535. The Hall–Kier alpha value is -1.82. The van der Waals surface area contributed by atoms with Gasteiger partial charge in [-0.3, -0.25) is 4.98 Å². The van der Waals surface area contributed by atoms with Gasteiger partial charge in [0.05, 0.1) is 10.9 Å². The molecule has 0 saturated carbocycles. The van der Waals surface area contributed by atoms with E-state index in [1.165, 1.54) is 6.26 Å². The largest absolute Gasteiger partial charge is 0.463 e. The Labute approximate surface area is 62.9 Å². The van der Waals surface area contributed by atoms with Crippen LogP contribution in [0.3, 0.4) is 0 Å². The molecule has 2 aromatic rings. The lowest BCUT2D eigenvalue weighted by atomic mass is 10.2. The van der Waals surface area contributed by atoms with Crippen LogP contribution in [0, 0.1) is 11.3 Å². The average molecular weight is 144 g/mol. The second kappa shape index (κ2) is 2.10. The molecule has 0 aliphatic carbocycles. The summed E-state index contributed by atoms with van der Waals surface area (Å²) in [5.74, 6) is 0. The lowest BCUT2D eigenvalue weighted by Gasteiger charge is -1.82. The van der Waals surface area contributed by atoms with E-state index in [-0.39, 0.29) is 0 Å². The third kappa shape index (κ3) is 0.767. The number of hydrogen-bond acceptors (Lipinski definition) is 3. The minimum absolute atomic E-state index is 0.535. The second-order valence-electron chi connectivity index (χ2n) is 2.13. The zero-order valence-corrected chi connectivity index (χ0v) is 5.61. The summed E-state index contributed by atoms with van der Waals surface area (Å²) < 4.78 is 5.08. The molecule has 0 spiro atoms. The van der Waals surface area contributed by atoms with Crippen molar-refractivity contribution >= 4 is 11.0 Å². The van der Waals surface area contributed by atoms with E-state index in [9.17, 15) is 0 Å². The summed E-state index contributed by atoms with van der Waals surface area (Å²) in [7, 11) is 0. The molecule has 52 valence electrons. The number of aromatic nitrogens is 1. The number of furan rings is 1. The summed E-state index contributed by atoms with van der Waals surface area (Å²) in [6.07, 6.45) is 4.69. The molecular weight excluding hydrogens is 140 g/mol. The van der Waals surface area contributed by atoms with Crippen molar-refractivity contribution in [1.82, 2.24) is 4.98 Å². The Kier molecular flexibility index (Phi) is 1.13. The van der Waals surface area contributed by atoms with Gasteiger partial charge in [-0.2, -0.15) is 5.26 Å². The fourth-order valence-corrected chi connectivity index (χ4v) is 0.959. The van der Waals surface area contributed by atoms with Crippen molar-refractivity contribution in [3.8, 4) is 6.07 Å². The molecular formula is C8H4N2O. The Balaban J connectivity index is 2.89. The van der Waals surface area contributed by atoms with E-state index in [2.05, 4.69) is 4.98 Å². The molecule has 0 fully saturated rings. The maximum Gasteiger partial charge on any atom is 0.138 e. The Morgan fingerprint density at radius 3 is 3.27 bits per heavy atom. The lowest BCUT2D eigenvalue weighted by molar-refractivity contribution is 0.614. The fraction of sp³-hybridized carbons (Fsp3) is 0. The van der Waals surface area contributed by atoms with Crippen molar-refractivity contribution in [2.45, 2.75) is 0 Å². The van der Waals surface area contributed by atoms with E-state index in [1.54, 1.807) is 18.5 Å². The SMILES string of the molecule is N#Cc1coc2ccncc12. The molecule has 11 heavy (non-hydrogen) atoms. The first-order chi connectivity index (χ1) is 5.42. The number of fused-ring (bicyclic) bond motifs is 1. The van der Waals surface area contributed by atoms with Gasteiger partial charge in [0.25, 0.3) is 0 Å². The standard InChI is InChI=1S/C8H4N2O/c9-3-6-5-11-8-1-2-10-4-7(6)8/h1-2,4-5H. The van der Waals surface area contributed by atoms with Crippen LogP contribution in [0.15, 0.2) is 29.1 Å². The van der Waals surface area contributed by atoms with Crippen LogP contribution < -0.4 is 0 Å². The number of rotatable bonds is 0. The number of nitriles is 1. The highest BCUT2D eigenvalue weighted by Crippen LogP contribution is 2.17. The number of nitrogens with zero attached hydrogens (tertiary/aromatic N) is 2. The lowest BCUT2D eigenvalue weighted by Crippen LogP contribution is -1.70. The van der Waals surface area contributed by atoms with Crippen molar-refractivity contribution in [1.29, 1.82) is 5.26 Å². The molecule has 0 amide bonds. The third-order valence-corrected chi connectivity index (χ3v) is 1.50. The van der Waals surface area contributed by atoms with E-state index in [4.69, 9.17) is 9.68 Å². The van der Waals surface area contributed by atoms with Crippen molar-refractivity contribution < 1.29 is 4.42 Å². The predicted molar refractivity (Wildman–Crippen MR) is 38.7 cm³/mol. The molecule has 0 radical (unpaired) electrons.